The summed E-state index contributed by atoms with van der Waals surface area (Å²) in [6.07, 6.45) is 0. The summed E-state index contributed by atoms with van der Waals surface area (Å²) in [6, 6.07) is 15.7. The second-order valence-electron chi connectivity index (χ2n) is 8.41. The third-order valence-corrected chi connectivity index (χ3v) is 6.99. The monoisotopic (exact) mass is 490 g/mol. The molecule has 1 fully saturated rings. The van der Waals surface area contributed by atoms with Gasteiger partial charge in [0.15, 0.2) is 5.82 Å². The molecule has 0 bridgehead atoms. The number of rotatable bonds is 7. The zero-order valence-electron chi connectivity index (χ0n) is 19.7. The van der Waals surface area contributed by atoms with Crippen molar-refractivity contribution in [3.8, 4) is 11.4 Å². The third-order valence-electron chi connectivity index (χ3n) is 5.92. The van der Waals surface area contributed by atoms with Gasteiger partial charge in [-0.3, -0.25) is 9.69 Å². The lowest BCUT2D eigenvalue weighted by atomic mass is 10.1. The van der Waals surface area contributed by atoms with E-state index in [1.165, 1.54) is 11.8 Å². The molecule has 0 radical (unpaired) electrons. The minimum Gasteiger partial charge on any atom is -0.340 e. The molecule has 10 heteroatoms. The molecule has 0 unspecified atom stereocenters. The molecular weight excluding hydrogens is 464 g/mol. The van der Waals surface area contributed by atoms with Crippen molar-refractivity contribution < 1.29 is 13.8 Å². The van der Waals surface area contributed by atoms with Gasteiger partial charge in [-0.15, -0.1) is 11.8 Å². The highest BCUT2D eigenvalue weighted by Crippen LogP contribution is 2.27. The van der Waals surface area contributed by atoms with Crippen molar-refractivity contribution in [1.82, 2.24) is 30.1 Å². The van der Waals surface area contributed by atoms with E-state index in [2.05, 4.69) is 25.2 Å². The number of aryl methyl sites for hydroxylation is 2. The summed E-state index contributed by atoms with van der Waals surface area (Å²) in [4.78, 5) is 27.2. The summed E-state index contributed by atoms with van der Waals surface area (Å²) in [7, 11) is 0. The van der Waals surface area contributed by atoms with Gasteiger partial charge in [0.05, 0.1) is 17.9 Å². The van der Waals surface area contributed by atoms with Gasteiger partial charge in [-0.05, 0) is 24.6 Å². The predicted molar refractivity (Wildman–Crippen MR) is 131 cm³/mol. The lowest BCUT2D eigenvalue weighted by Gasteiger charge is -2.34. The molecule has 180 valence electrons. The number of piperazine rings is 1. The van der Waals surface area contributed by atoms with Gasteiger partial charge in [0.25, 0.3) is 5.91 Å². The molecule has 1 aliphatic rings. The molecule has 0 aliphatic carbocycles. The van der Waals surface area contributed by atoms with Gasteiger partial charge in [0.1, 0.15) is 0 Å². The average Bonchev–Trinajstić information content (AvgIpc) is 3.52. The highest BCUT2D eigenvalue weighted by molar-refractivity contribution is 7.98. The number of carbonyl (C=O) groups excluding carboxylic acids is 1. The molecule has 5 rings (SSSR count). The van der Waals surface area contributed by atoms with Crippen molar-refractivity contribution in [2.75, 3.05) is 26.2 Å². The summed E-state index contributed by atoms with van der Waals surface area (Å²) >= 11 is 1.54. The number of nitrogens with zero attached hydrogens (tertiary/aromatic N) is 6. The van der Waals surface area contributed by atoms with Crippen LogP contribution in [0.25, 0.3) is 11.4 Å². The smallest absolute Gasteiger partial charge is 0.255 e. The lowest BCUT2D eigenvalue weighted by molar-refractivity contribution is 0.0611. The molecule has 2 aromatic heterocycles. The van der Waals surface area contributed by atoms with E-state index >= 15 is 0 Å². The van der Waals surface area contributed by atoms with E-state index in [1.807, 2.05) is 60.4 Å². The number of aromatic nitrogens is 4. The Morgan fingerprint density at radius 3 is 2.49 bits per heavy atom. The Balaban J connectivity index is 1.17. The van der Waals surface area contributed by atoms with Crippen molar-refractivity contribution in [3.63, 3.8) is 0 Å². The number of hydrogen-bond donors (Lipinski definition) is 0. The molecule has 2 aromatic carbocycles. The van der Waals surface area contributed by atoms with Crippen molar-refractivity contribution in [2.45, 2.75) is 31.0 Å². The van der Waals surface area contributed by atoms with Gasteiger partial charge in [0.2, 0.25) is 17.6 Å². The van der Waals surface area contributed by atoms with Gasteiger partial charge in [-0.2, -0.15) is 9.97 Å². The molecule has 1 aliphatic heterocycles. The Labute approximate surface area is 207 Å². The van der Waals surface area contributed by atoms with Crippen molar-refractivity contribution in [2.24, 2.45) is 0 Å². The number of carbonyl (C=O) groups is 1. The first-order valence-corrected chi connectivity index (χ1v) is 12.5. The first-order valence-electron chi connectivity index (χ1n) is 11.5. The molecule has 0 atom stereocenters. The first-order chi connectivity index (χ1) is 17.1. The van der Waals surface area contributed by atoms with Crippen LogP contribution in [0.2, 0.25) is 0 Å². The van der Waals surface area contributed by atoms with E-state index in [-0.39, 0.29) is 5.91 Å². The molecule has 9 nitrogen and oxygen atoms in total. The van der Waals surface area contributed by atoms with Crippen LogP contribution in [-0.2, 0) is 12.3 Å². The van der Waals surface area contributed by atoms with E-state index < -0.39 is 0 Å². The second-order valence-corrected chi connectivity index (χ2v) is 9.43. The molecule has 0 spiro atoms. The van der Waals surface area contributed by atoms with Crippen LogP contribution in [0.5, 0.6) is 0 Å². The summed E-state index contributed by atoms with van der Waals surface area (Å²) < 4.78 is 10.5. The van der Waals surface area contributed by atoms with Gasteiger partial charge in [-0.25, -0.2) is 0 Å². The minimum absolute atomic E-state index is 0.0386. The highest BCUT2D eigenvalue weighted by atomic mass is 32.2. The fourth-order valence-corrected chi connectivity index (χ4v) is 4.92. The fraction of sp³-hybridized carbons (Fsp3) is 0.320. The van der Waals surface area contributed by atoms with Crippen LogP contribution in [0.3, 0.4) is 0 Å². The molecule has 4 aromatic rings. The Bertz CT molecular complexity index is 1310. The van der Waals surface area contributed by atoms with E-state index in [1.54, 1.807) is 6.92 Å². The van der Waals surface area contributed by atoms with E-state index in [0.717, 1.165) is 29.1 Å². The molecule has 0 N–H and O–H groups in total. The predicted octanol–water partition coefficient (Wildman–Crippen LogP) is 3.99. The molecular formula is C25H26N6O3S. The summed E-state index contributed by atoms with van der Waals surface area (Å²) in [5.41, 5.74) is 2.78. The van der Waals surface area contributed by atoms with Crippen LogP contribution >= 0.6 is 11.8 Å². The summed E-state index contributed by atoms with van der Waals surface area (Å²) in [6.45, 7) is 7.12. The minimum atomic E-state index is 0.0386. The largest absolute Gasteiger partial charge is 0.340 e. The molecule has 3 heterocycles. The average molecular weight is 491 g/mol. The Kier molecular flexibility index (Phi) is 6.91. The maximum atomic E-state index is 13.3. The van der Waals surface area contributed by atoms with E-state index in [0.29, 0.717) is 54.4 Å². The summed E-state index contributed by atoms with van der Waals surface area (Å²) in [5, 5.41) is 8.09. The van der Waals surface area contributed by atoms with Crippen LogP contribution in [0.1, 0.15) is 33.5 Å². The summed E-state index contributed by atoms with van der Waals surface area (Å²) in [5.74, 6) is 2.93. The maximum Gasteiger partial charge on any atom is 0.255 e. The van der Waals surface area contributed by atoms with Gasteiger partial charge >= 0.3 is 0 Å². The van der Waals surface area contributed by atoms with Gasteiger partial charge in [-0.1, -0.05) is 46.7 Å². The van der Waals surface area contributed by atoms with Crippen LogP contribution in [0.15, 0.2) is 62.5 Å². The first kappa shape index (κ1) is 23.3. The normalized spacial score (nSPS) is 14.4. The van der Waals surface area contributed by atoms with E-state index in [4.69, 9.17) is 9.05 Å². The Morgan fingerprint density at radius 1 is 0.943 bits per heavy atom. The number of amides is 1. The molecule has 35 heavy (non-hydrogen) atoms. The molecule has 1 saturated heterocycles. The molecule has 1 amide bonds. The highest BCUT2D eigenvalue weighted by Gasteiger charge is 2.25. The fourth-order valence-electron chi connectivity index (χ4n) is 4.03. The zero-order valence-corrected chi connectivity index (χ0v) is 20.5. The van der Waals surface area contributed by atoms with Crippen LogP contribution in [0.4, 0.5) is 0 Å². The zero-order chi connectivity index (χ0) is 24.2. The van der Waals surface area contributed by atoms with Crippen molar-refractivity contribution in [1.29, 1.82) is 0 Å². The SMILES string of the molecule is Cc1nc(CSc2ccccc2C(=O)N2CCN(Cc3nc(-c4ccccc4C)no3)CC2)no1. The number of thioether (sulfide) groups is 1. The van der Waals surface area contributed by atoms with Gasteiger partial charge in [0, 0.05) is 43.6 Å². The van der Waals surface area contributed by atoms with Crippen LogP contribution in [-0.4, -0.2) is 62.2 Å². The standard InChI is InChI=1S/C25H26N6O3S/c1-17-7-3-4-8-19(17)24-27-23(34-29-24)15-30-11-13-31(14-12-30)25(32)20-9-5-6-10-21(20)35-16-22-26-18(2)33-28-22/h3-10H,11-16H2,1-2H3. The lowest BCUT2D eigenvalue weighted by Crippen LogP contribution is -2.48. The third kappa shape index (κ3) is 5.44. The topological polar surface area (TPSA) is 101 Å². The van der Waals surface area contributed by atoms with Gasteiger partial charge < -0.3 is 13.9 Å². The second kappa shape index (κ2) is 10.4. The van der Waals surface area contributed by atoms with Crippen LogP contribution < -0.4 is 0 Å². The number of benzene rings is 2. The Morgan fingerprint density at radius 2 is 1.71 bits per heavy atom. The van der Waals surface area contributed by atoms with Crippen LogP contribution in [0, 0.1) is 13.8 Å². The Hall–Kier alpha value is -3.50. The maximum absolute atomic E-state index is 13.3. The molecule has 0 saturated carbocycles. The quantitative estimate of drug-likeness (QED) is 0.356. The van der Waals surface area contributed by atoms with Crippen molar-refractivity contribution in [3.05, 3.63) is 77.3 Å². The number of hydrogen-bond acceptors (Lipinski definition) is 9. The van der Waals surface area contributed by atoms with E-state index in [9.17, 15) is 4.79 Å². The van der Waals surface area contributed by atoms with Crippen molar-refractivity contribution >= 4 is 17.7 Å².